The molecule has 0 aliphatic rings. The number of carbonyl (C=O) groups excluding carboxylic acids is 2. The van der Waals surface area contributed by atoms with Crippen molar-refractivity contribution < 1.29 is 24.2 Å². The molecule has 0 amide bonds. The molecule has 0 saturated carbocycles. The molecule has 1 aromatic carbocycles. The number of carbonyl (C=O) groups is 2. The van der Waals surface area contributed by atoms with Gasteiger partial charge in [-0.15, -0.1) is 33.2 Å². The molecular weight excluding hydrogens is 443 g/mol. The third kappa shape index (κ3) is 11.6. The van der Waals surface area contributed by atoms with Crippen LogP contribution in [-0.4, -0.2) is 24.5 Å². The standard InChI is InChI=1S/C19H25Cl3O5Si/c1-2-3-12-26-17-14-15(9-11-18(23)24)8-10-16(17)27-19(25)7-5-4-6-13-28(20,21)22/h8-11,14H,2-7,12-13H2,1H3,(H,23,24)/p-1/b11-9+. The van der Waals surface area contributed by atoms with Crippen LogP contribution < -0.4 is 14.6 Å². The van der Waals surface area contributed by atoms with Crippen LogP contribution in [0, 0.1) is 0 Å². The SMILES string of the molecule is CCCCOc1cc(/C=C/C(=O)[O-])ccc1OC(=O)CCCCC[Si](Cl)(Cl)Cl. The highest BCUT2D eigenvalue weighted by Crippen LogP contribution is 2.30. The predicted molar refractivity (Wildman–Crippen MR) is 113 cm³/mol. The number of ether oxygens (including phenoxy) is 2. The molecule has 0 N–H and O–H groups in total. The molecule has 0 aromatic heterocycles. The van der Waals surface area contributed by atoms with Crippen LogP contribution in [0.4, 0.5) is 0 Å². The maximum atomic E-state index is 12.1. The third-order valence-electron chi connectivity index (χ3n) is 3.70. The molecule has 0 radical (unpaired) electrons. The number of esters is 1. The molecule has 0 spiro atoms. The van der Waals surface area contributed by atoms with Crippen LogP contribution in [0.15, 0.2) is 24.3 Å². The van der Waals surface area contributed by atoms with E-state index in [0.717, 1.165) is 31.8 Å². The van der Waals surface area contributed by atoms with Crippen LogP contribution in [0.5, 0.6) is 11.5 Å². The molecule has 0 bridgehead atoms. The lowest BCUT2D eigenvalue weighted by molar-refractivity contribution is -0.297. The Labute approximate surface area is 180 Å². The number of benzene rings is 1. The second kappa shape index (κ2) is 13.1. The molecule has 0 saturated heterocycles. The molecule has 5 nitrogen and oxygen atoms in total. The average Bonchev–Trinajstić information content (AvgIpc) is 2.60. The number of hydrogen-bond donors (Lipinski definition) is 0. The Kier molecular flexibility index (Phi) is 11.6. The van der Waals surface area contributed by atoms with Gasteiger partial charge in [-0.3, -0.25) is 4.79 Å². The zero-order valence-electron chi connectivity index (χ0n) is 15.7. The smallest absolute Gasteiger partial charge is 0.341 e. The van der Waals surface area contributed by atoms with Gasteiger partial charge in [0.2, 0.25) is 0 Å². The molecular formula is C19H24Cl3O5Si-. The Hall–Kier alpha value is -1.21. The molecule has 0 atom stereocenters. The van der Waals surface area contributed by atoms with E-state index in [-0.39, 0.29) is 12.4 Å². The van der Waals surface area contributed by atoms with Crippen molar-refractivity contribution in [3.8, 4) is 11.5 Å². The second-order valence-corrected chi connectivity index (χ2v) is 15.5. The number of hydrogen-bond acceptors (Lipinski definition) is 5. The number of carboxylic acids is 1. The van der Waals surface area contributed by atoms with Gasteiger partial charge in [-0.1, -0.05) is 38.3 Å². The fourth-order valence-corrected chi connectivity index (χ4v) is 4.11. The Morgan fingerprint density at radius 3 is 2.50 bits per heavy atom. The minimum absolute atomic E-state index is 0.252. The first-order valence-corrected chi connectivity index (χ1v) is 14.4. The van der Waals surface area contributed by atoms with Gasteiger partial charge in [0.15, 0.2) is 11.5 Å². The minimum Gasteiger partial charge on any atom is -0.545 e. The predicted octanol–water partition coefficient (Wildman–Crippen LogP) is 4.75. The van der Waals surface area contributed by atoms with Gasteiger partial charge in [0, 0.05) is 6.42 Å². The highest BCUT2D eigenvalue weighted by Gasteiger charge is 2.23. The number of unbranched alkanes of at least 4 members (excludes halogenated alkanes) is 3. The first-order valence-electron chi connectivity index (χ1n) is 9.14. The average molecular weight is 467 g/mol. The van der Waals surface area contributed by atoms with E-state index in [1.807, 2.05) is 6.92 Å². The lowest BCUT2D eigenvalue weighted by atomic mass is 10.2. The van der Waals surface area contributed by atoms with Gasteiger partial charge in [0.1, 0.15) is 0 Å². The van der Waals surface area contributed by atoms with Gasteiger partial charge in [-0.25, -0.2) is 0 Å². The number of halogens is 3. The highest BCUT2D eigenvalue weighted by molar-refractivity contribution is 7.64. The van der Waals surface area contributed by atoms with E-state index in [2.05, 4.69) is 0 Å². The summed E-state index contributed by atoms with van der Waals surface area (Å²) >= 11 is 17.5. The van der Waals surface area contributed by atoms with Crippen molar-refractivity contribution in [3.63, 3.8) is 0 Å². The summed E-state index contributed by atoms with van der Waals surface area (Å²) in [6.45, 7) is 2.50. The van der Waals surface area contributed by atoms with Gasteiger partial charge in [-0.05, 0) is 42.7 Å². The highest BCUT2D eigenvalue weighted by atomic mass is 35.8. The Morgan fingerprint density at radius 1 is 1.11 bits per heavy atom. The Bertz CT molecular complexity index is 674. The topological polar surface area (TPSA) is 75.7 Å². The van der Waals surface area contributed by atoms with Crippen molar-refractivity contribution in [2.45, 2.75) is 51.5 Å². The molecule has 0 fully saturated rings. The Balaban J connectivity index is 2.65. The summed E-state index contributed by atoms with van der Waals surface area (Å²) in [5.74, 6) is -0.962. The third-order valence-corrected chi connectivity index (χ3v) is 6.32. The fourth-order valence-electron chi connectivity index (χ4n) is 2.26. The lowest BCUT2D eigenvalue weighted by Gasteiger charge is -2.12. The summed E-state index contributed by atoms with van der Waals surface area (Å²) in [7, 11) is 0. The summed E-state index contributed by atoms with van der Waals surface area (Å²) in [4.78, 5) is 22.7. The van der Waals surface area contributed by atoms with Gasteiger partial charge < -0.3 is 19.4 Å². The van der Waals surface area contributed by atoms with Crippen molar-refractivity contribution in [2.24, 2.45) is 0 Å². The van der Waals surface area contributed by atoms with Crippen LogP contribution in [0.25, 0.3) is 6.08 Å². The molecule has 1 rings (SSSR count). The largest absolute Gasteiger partial charge is 0.545 e. The number of rotatable bonds is 13. The van der Waals surface area contributed by atoms with Crippen molar-refractivity contribution >= 4 is 57.3 Å². The molecule has 156 valence electrons. The van der Waals surface area contributed by atoms with E-state index in [4.69, 9.17) is 42.7 Å². The fraction of sp³-hybridized carbons (Fsp3) is 0.474. The summed E-state index contributed by atoms with van der Waals surface area (Å²) in [5.41, 5.74) is 0.603. The van der Waals surface area contributed by atoms with E-state index < -0.39 is 12.0 Å². The molecule has 1 aromatic rings. The van der Waals surface area contributed by atoms with Gasteiger partial charge in [0.25, 0.3) is 0 Å². The number of carboxylic acid groups (broad SMARTS) is 1. The van der Waals surface area contributed by atoms with E-state index in [1.165, 1.54) is 6.08 Å². The molecule has 0 aliphatic heterocycles. The first kappa shape index (κ1) is 24.8. The van der Waals surface area contributed by atoms with Crippen molar-refractivity contribution in [1.82, 2.24) is 0 Å². The van der Waals surface area contributed by atoms with E-state index in [9.17, 15) is 14.7 Å². The van der Waals surface area contributed by atoms with E-state index in [0.29, 0.717) is 36.1 Å². The van der Waals surface area contributed by atoms with Crippen molar-refractivity contribution in [2.75, 3.05) is 6.61 Å². The maximum Gasteiger partial charge on any atom is 0.341 e. The van der Waals surface area contributed by atoms with Crippen LogP contribution in [0.1, 0.15) is 51.0 Å². The monoisotopic (exact) mass is 465 g/mol. The van der Waals surface area contributed by atoms with Gasteiger partial charge >= 0.3 is 12.0 Å². The van der Waals surface area contributed by atoms with Crippen molar-refractivity contribution in [1.29, 1.82) is 0 Å². The van der Waals surface area contributed by atoms with Crippen LogP contribution in [-0.2, 0) is 9.59 Å². The molecule has 9 heteroatoms. The van der Waals surface area contributed by atoms with Gasteiger partial charge in [0.05, 0.1) is 12.6 Å². The molecule has 0 unspecified atom stereocenters. The summed E-state index contributed by atoms with van der Waals surface area (Å²) in [6, 6.07) is 2.83. The zero-order valence-corrected chi connectivity index (χ0v) is 19.0. The van der Waals surface area contributed by atoms with E-state index >= 15 is 0 Å². The Morgan fingerprint density at radius 2 is 1.86 bits per heavy atom. The van der Waals surface area contributed by atoms with Crippen molar-refractivity contribution in [3.05, 3.63) is 29.8 Å². The van der Waals surface area contributed by atoms with E-state index in [1.54, 1.807) is 18.2 Å². The normalized spacial score (nSPS) is 11.6. The molecule has 0 aliphatic carbocycles. The summed E-state index contributed by atoms with van der Waals surface area (Å²) in [6.07, 6.45) is 6.56. The minimum atomic E-state index is -2.60. The molecule has 28 heavy (non-hydrogen) atoms. The summed E-state index contributed by atoms with van der Waals surface area (Å²) in [5, 5.41) is 10.6. The quantitative estimate of drug-likeness (QED) is 0.105. The lowest BCUT2D eigenvalue weighted by Crippen LogP contribution is -2.18. The van der Waals surface area contributed by atoms with Gasteiger partial charge in [-0.2, -0.15) is 0 Å². The maximum absolute atomic E-state index is 12.1. The van der Waals surface area contributed by atoms with Crippen LogP contribution in [0.2, 0.25) is 6.04 Å². The molecule has 0 heterocycles. The second-order valence-electron chi connectivity index (χ2n) is 6.21. The van der Waals surface area contributed by atoms with Crippen LogP contribution in [0.3, 0.4) is 0 Å². The first-order chi connectivity index (χ1) is 13.2. The number of aliphatic carboxylic acids is 1. The summed E-state index contributed by atoms with van der Waals surface area (Å²) < 4.78 is 11.1. The zero-order chi connectivity index (χ0) is 21.0. The van der Waals surface area contributed by atoms with Crippen LogP contribution >= 0.6 is 33.2 Å².